The molecule has 3 heterocycles. The van der Waals surface area contributed by atoms with Crippen LogP contribution in [0.5, 0.6) is 23.0 Å². The standard InChI is InChI=1S/C35H35N3O7S2/c1-3-5-9-16-43-25-14-12-23(19-27(25)42-4-2)30-29(31(39)24-13-15-26-28(20-24)45-18-17-44-26)32(40)33(41)38(30)34-36-37-35(47-34)46-21-22-10-7-6-8-11-22/h6-8,10-15,19-20,30,39H,3-5,9,16-18,21H2,1-2H3/b31-29-. The molecule has 1 saturated heterocycles. The number of rotatable bonds is 13. The van der Waals surface area contributed by atoms with Crippen molar-refractivity contribution in [3.8, 4) is 23.0 Å². The molecule has 1 fully saturated rings. The van der Waals surface area contributed by atoms with Gasteiger partial charge in [0.15, 0.2) is 27.3 Å². The number of unbranched alkanes of at least 4 members (excludes halogenated alkanes) is 2. The minimum atomic E-state index is -1.02. The smallest absolute Gasteiger partial charge is 0.301 e. The van der Waals surface area contributed by atoms with Gasteiger partial charge in [-0.15, -0.1) is 10.2 Å². The Morgan fingerprint density at radius 3 is 2.55 bits per heavy atom. The molecule has 1 N–H and O–H groups in total. The molecule has 2 aliphatic rings. The second kappa shape index (κ2) is 14.9. The van der Waals surface area contributed by atoms with Gasteiger partial charge >= 0.3 is 5.91 Å². The molecule has 47 heavy (non-hydrogen) atoms. The van der Waals surface area contributed by atoms with Crippen molar-refractivity contribution in [1.82, 2.24) is 10.2 Å². The lowest BCUT2D eigenvalue weighted by atomic mass is 9.95. The number of fused-ring (bicyclic) bond motifs is 1. The third-order valence-electron chi connectivity index (χ3n) is 7.66. The van der Waals surface area contributed by atoms with Crippen LogP contribution in [-0.2, 0) is 15.3 Å². The predicted octanol–water partition coefficient (Wildman–Crippen LogP) is 7.20. The second-order valence-electron chi connectivity index (χ2n) is 10.8. The van der Waals surface area contributed by atoms with Gasteiger partial charge < -0.3 is 24.1 Å². The highest BCUT2D eigenvalue weighted by Gasteiger charge is 2.48. The average Bonchev–Trinajstić information content (AvgIpc) is 3.67. The molecule has 10 nitrogen and oxygen atoms in total. The Morgan fingerprint density at radius 2 is 1.77 bits per heavy atom. The quantitative estimate of drug-likeness (QED) is 0.0390. The molecule has 0 spiro atoms. The van der Waals surface area contributed by atoms with Gasteiger partial charge in [-0.05, 0) is 54.8 Å². The van der Waals surface area contributed by atoms with Crippen LogP contribution < -0.4 is 23.8 Å². The van der Waals surface area contributed by atoms with Crippen molar-refractivity contribution in [1.29, 1.82) is 0 Å². The van der Waals surface area contributed by atoms with Gasteiger partial charge in [0, 0.05) is 11.3 Å². The second-order valence-corrected chi connectivity index (χ2v) is 13.0. The summed E-state index contributed by atoms with van der Waals surface area (Å²) in [6, 6.07) is 19.2. The molecule has 1 amide bonds. The van der Waals surface area contributed by atoms with Gasteiger partial charge in [-0.3, -0.25) is 14.5 Å². The molecular weight excluding hydrogens is 639 g/mol. The van der Waals surface area contributed by atoms with Crippen LogP contribution in [0.25, 0.3) is 5.76 Å². The van der Waals surface area contributed by atoms with Gasteiger partial charge in [0.1, 0.15) is 19.0 Å². The molecule has 0 radical (unpaired) electrons. The van der Waals surface area contributed by atoms with Crippen molar-refractivity contribution in [2.75, 3.05) is 31.3 Å². The fraction of sp³-hybridized carbons (Fsp3) is 0.314. The number of nitrogens with zero attached hydrogens (tertiary/aromatic N) is 3. The van der Waals surface area contributed by atoms with Crippen LogP contribution in [0.15, 0.2) is 76.6 Å². The number of ketones is 1. The van der Waals surface area contributed by atoms with E-state index in [2.05, 4.69) is 17.1 Å². The molecular formula is C35H35N3O7S2. The summed E-state index contributed by atoms with van der Waals surface area (Å²) >= 11 is 2.70. The zero-order valence-electron chi connectivity index (χ0n) is 26.1. The zero-order chi connectivity index (χ0) is 32.8. The summed E-state index contributed by atoms with van der Waals surface area (Å²) in [5.74, 6) is 0.687. The number of benzene rings is 3. The largest absolute Gasteiger partial charge is 0.507 e. The average molecular weight is 674 g/mol. The number of amides is 1. The fourth-order valence-corrected chi connectivity index (χ4v) is 7.21. The van der Waals surface area contributed by atoms with Gasteiger partial charge in [-0.2, -0.15) is 0 Å². The van der Waals surface area contributed by atoms with Crippen molar-refractivity contribution in [2.24, 2.45) is 0 Å². The number of hydrogen-bond acceptors (Lipinski definition) is 11. The number of Topliss-reactive ketones (excluding diaryl/α,β-unsaturated/α-hetero) is 1. The molecule has 4 aromatic rings. The number of aliphatic hydroxyl groups excluding tert-OH is 1. The molecule has 1 atom stereocenters. The monoisotopic (exact) mass is 673 g/mol. The molecule has 0 saturated carbocycles. The van der Waals surface area contributed by atoms with Gasteiger partial charge in [-0.25, -0.2) is 0 Å². The van der Waals surface area contributed by atoms with Crippen LogP contribution in [0.3, 0.4) is 0 Å². The van der Waals surface area contributed by atoms with E-state index in [9.17, 15) is 14.7 Å². The summed E-state index contributed by atoms with van der Waals surface area (Å²) in [7, 11) is 0. The van der Waals surface area contributed by atoms with Crippen molar-refractivity contribution in [2.45, 2.75) is 49.2 Å². The van der Waals surface area contributed by atoms with E-state index in [1.54, 1.807) is 36.4 Å². The maximum Gasteiger partial charge on any atom is 0.301 e. The third-order valence-corrected chi connectivity index (χ3v) is 9.78. The van der Waals surface area contributed by atoms with Gasteiger partial charge in [0.25, 0.3) is 5.78 Å². The van der Waals surface area contributed by atoms with Crippen LogP contribution in [0.4, 0.5) is 5.13 Å². The molecule has 3 aromatic carbocycles. The number of thioether (sulfide) groups is 1. The summed E-state index contributed by atoms with van der Waals surface area (Å²) in [6.07, 6.45) is 3.02. The highest BCUT2D eigenvalue weighted by molar-refractivity contribution is 8.00. The number of carbonyl (C=O) groups excluding carboxylic acids is 2. The van der Waals surface area contributed by atoms with Crippen molar-refractivity contribution in [3.05, 3.63) is 89.0 Å². The first-order valence-corrected chi connectivity index (χ1v) is 17.4. The molecule has 0 aliphatic carbocycles. The first-order chi connectivity index (χ1) is 23.0. The van der Waals surface area contributed by atoms with Crippen molar-refractivity contribution >= 4 is 45.7 Å². The van der Waals surface area contributed by atoms with E-state index in [4.69, 9.17) is 18.9 Å². The highest BCUT2D eigenvalue weighted by Crippen LogP contribution is 2.46. The van der Waals surface area contributed by atoms with Gasteiger partial charge in [0.05, 0.1) is 24.8 Å². The maximum atomic E-state index is 13.8. The SMILES string of the molecule is CCCCCOc1ccc(C2/C(=C(/O)c3ccc4c(c3)OCCO4)C(=O)C(=O)N2c2nnc(SCc3ccccc3)s2)cc1OCC. The summed E-state index contributed by atoms with van der Waals surface area (Å²) in [4.78, 5) is 28.9. The summed E-state index contributed by atoms with van der Waals surface area (Å²) in [5, 5.41) is 20.6. The number of carbonyl (C=O) groups is 2. The topological polar surface area (TPSA) is 120 Å². The molecule has 1 aromatic heterocycles. The Labute approximate surface area is 281 Å². The van der Waals surface area contributed by atoms with E-state index < -0.39 is 17.7 Å². The van der Waals surface area contributed by atoms with Crippen LogP contribution in [0.1, 0.15) is 55.8 Å². The van der Waals surface area contributed by atoms with Gasteiger partial charge in [0.2, 0.25) is 5.13 Å². The van der Waals surface area contributed by atoms with E-state index in [1.165, 1.54) is 28.0 Å². The number of aliphatic hydroxyl groups is 1. The van der Waals surface area contributed by atoms with Crippen molar-refractivity contribution in [3.63, 3.8) is 0 Å². The minimum absolute atomic E-state index is 0.0839. The number of aromatic nitrogens is 2. The lowest BCUT2D eigenvalue weighted by Gasteiger charge is -2.24. The minimum Gasteiger partial charge on any atom is -0.507 e. The fourth-order valence-electron chi connectivity index (χ4n) is 5.39. The van der Waals surface area contributed by atoms with E-state index in [0.717, 1.165) is 24.8 Å². The maximum absolute atomic E-state index is 13.8. The molecule has 6 rings (SSSR count). The third kappa shape index (κ3) is 7.08. The first kappa shape index (κ1) is 32.4. The van der Waals surface area contributed by atoms with Crippen LogP contribution >= 0.6 is 23.1 Å². The number of hydrogen-bond donors (Lipinski definition) is 1. The Bertz CT molecular complexity index is 1780. The van der Waals surface area contributed by atoms with Crippen LogP contribution in [0, 0.1) is 0 Å². The van der Waals surface area contributed by atoms with E-state index in [1.807, 2.05) is 37.3 Å². The lowest BCUT2D eigenvalue weighted by molar-refractivity contribution is -0.132. The Morgan fingerprint density at radius 1 is 0.957 bits per heavy atom. The molecule has 244 valence electrons. The van der Waals surface area contributed by atoms with E-state index in [0.29, 0.717) is 70.6 Å². The zero-order valence-corrected chi connectivity index (χ0v) is 27.8. The molecule has 0 bridgehead atoms. The molecule has 12 heteroatoms. The summed E-state index contributed by atoms with van der Waals surface area (Å²) in [6.45, 7) is 5.68. The first-order valence-electron chi connectivity index (χ1n) is 15.6. The molecule has 1 unspecified atom stereocenters. The Kier molecular flexibility index (Phi) is 10.3. The molecule has 2 aliphatic heterocycles. The summed E-state index contributed by atoms with van der Waals surface area (Å²) in [5.41, 5.74) is 1.89. The predicted molar refractivity (Wildman–Crippen MR) is 181 cm³/mol. The normalized spacial score (nSPS) is 16.8. The van der Waals surface area contributed by atoms with E-state index >= 15 is 0 Å². The van der Waals surface area contributed by atoms with Gasteiger partial charge in [-0.1, -0.05) is 79.3 Å². The van der Waals surface area contributed by atoms with Crippen LogP contribution in [-0.4, -0.2) is 53.4 Å². The Balaban J connectivity index is 1.41. The Hall–Kier alpha value is -4.55. The van der Waals surface area contributed by atoms with E-state index in [-0.39, 0.29) is 16.5 Å². The lowest BCUT2D eigenvalue weighted by Crippen LogP contribution is -2.29. The van der Waals surface area contributed by atoms with Crippen molar-refractivity contribution < 1.29 is 33.6 Å². The summed E-state index contributed by atoms with van der Waals surface area (Å²) < 4.78 is 24.0. The highest BCUT2D eigenvalue weighted by atomic mass is 32.2. The number of ether oxygens (including phenoxy) is 4. The van der Waals surface area contributed by atoms with Crippen LogP contribution in [0.2, 0.25) is 0 Å². The number of anilines is 1.